The number of piperidine rings is 1. The van der Waals surface area contributed by atoms with E-state index in [1.165, 1.54) is 38.9 Å². The molecule has 0 unspecified atom stereocenters. The minimum Gasteiger partial charge on any atom is -0.357 e. The fraction of sp³-hybridized carbons (Fsp3) is 0.789. The molecule has 2 rings (SSSR count). The normalized spacial score (nSPS) is 17.0. The third-order valence-corrected chi connectivity index (χ3v) is 5.60. The average Bonchev–Trinajstić information content (AvgIpc) is 3.00. The summed E-state index contributed by atoms with van der Waals surface area (Å²) in [7, 11) is 2.09. The van der Waals surface area contributed by atoms with Crippen LogP contribution in [0.3, 0.4) is 0 Å². The molecule has 1 aromatic rings. The van der Waals surface area contributed by atoms with Crippen molar-refractivity contribution in [1.82, 2.24) is 20.1 Å². The molecule has 0 bridgehead atoms. The van der Waals surface area contributed by atoms with Crippen LogP contribution >= 0.6 is 11.3 Å². The third kappa shape index (κ3) is 7.32. The molecule has 1 aromatic heterocycles. The monoisotopic (exact) mass is 365 g/mol. The number of aromatic nitrogens is 1. The van der Waals surface area contributed by atoms with Gasteiger partial charge in [0, 0.05) is 25.5 Å². The summed E-state index contributed by atoms with van der Waals surface area (Å²) in [4.78, 5) is 14.1. The van der Waals surface area contributed by atoms with Crippen molar-refractivity contribution in [2.75, 3.05) is 39.8 Å². The van der Waals surface area contributed by atoms with Gasteiger partial charge in [-0.2, -0.15) is 0 Å². The summed E-state index contributed by atoms with van der Waals surface area (Å²) < 4.78 is 0. The van der Waals surface area contributed by atoms with Gasteiger partial charge in [0.25, 0.3) is 0 Å². The van der Waals surface area contributed by atoms with E-state index in [2.05, 4.69) is 53.3 Å². The molecule has 1 fully saturated rings. The second-order valence-electron chi connectivity index (χ2n) is 7.18. The lowest BCUT2D eigenvalue weighted by molar-refractivity contribution is 0.190. The molecule has 1 N–H and O–H groups in total. The van der Waals surface area contributed by atoms with E-state index in [0.29, 0.717) is 0 Å². The molecule has 0 aliphatic carbocycles. The lowest BCUT2D eigenvalue weighted by atomic mass is 9.99. The minimum absolute atomic E-state index is 0.808. The Hall–Kier alpha value is -1.14. The van der Waals surface area contributed by atoms with E-state index < -0.39 is 0 Å². The van der Waals surface area contributed by atoms with Crippen molar-refractivity contribution in [3.05, 3.63) is 16.1 Å². The minimum atomic E-state index is 0.808. The fourth-order valence-corrected chi connectivity index (χ4v) is 3.79. The molecular weight excluding hydrogens is 330 g/mol. The van der Waals surface area contributed by atoms with Gasteiger partial charge < -0.3 is 15.1 Å². The van der Waals surface area contributed by atoms with Crippen molar-refractivity contribution in [2.24, 2.45) is 10.9 Å². The van der Waals surface area contributed by atoms with E-state index in [9.17, 15) is 0 Å². The van der Waals surface area contributed by atoms with Crippen LogP contribution in [0, 0.1) is 12.8 Å². The molecular formula is C19H35N5S. The standard InChI is InChI=1S/C19H35N5S/c1-5-20-19(23(4)14-18-15-25-17(3)22-18)21-10-6-7-11-24-12-8-16(2)9-13-24/h15-16H,5-14H2,1-4H3,(H,20,21). The highest BCUT2D eigenvalue weighted by Gasteiger charge is 2.14. The number of likely N-dealkylation sites (tertiary alicyclic amines) is 1. The topological polar surface area (TPSA) is 43.8 Å². The van der Waals surface area contributed by atoms with Crippen molar-refractivity contribution in [3.63, 3.8) is 0 Å². The third-order valence-electron chi connectivity index (χ3n) is 4.78. The molecule has 6 heteroatoms. The van der Waals surface area contributed by atoms with Crippen LogP contribution in [0.5, 0.6) is 0 Å². The van der Waals surface area contributed by atoms with Gasteiger partial charge in [0.1, 0.15) is 0 Å². The van der Waals surface area contributed by atoms with Crippen LogP contribution in [0.1, 0.15) is 50.2 Å². The van der Waals surface area contributed by atoms with E-state index in [0.717, 1.165) is 48.6 Å². The van der Waals surface area contributed by atoms with Crippen molar-refractivity contribution in [1.29, 1.82) is 0 Å². The summed E-state index contributed by atoms with van der Waals surface area (Å²) in [5, 5.41) is 6.65. The molecule has 1 aliphatic rings. The molecule has 142 valence electrons. The maximum absolute atomic E-state index is 4.80. The van der Waals surface area contributed by atoms with Crippen molar-refractivity contribution >= 4 is 17.3 Å². The Morgan fingerprint density at radius 2 is 2.16 bits per heavy atom. The second kappa shape index (κ2) is 10.8. The summed E-state index contributed by atoms with van der Waals surface area (Å²) in [6.07, 6.45) is 5.13. The maximum atomic E-state index is 4.80. The molecule has 0 saturated carbocycles. The van der Waals surface area contributed by atoms with Crippen LogP contribution in [0.25, 0.3) is 0 Å². The molecule has 5 nitrogen and oxygen atoms in total. The average molecular weight is 366 g/mol. The van der Waals surface area contributed by atoms with Gasteiger partial charge in [0.15, 0.2) is 5.96 Å². The van der Waals surface area contributed by atoms with Gasteiger partial charge in [-0.1, -0.05) is 6.92 Å². The molecule has 0 atom stereocenters. The zero-order valence-corrected chi connectivity index (χ0v) is 17.2. The van der Waals surface area contributed by atoms with E-state index in [1.807, 2.05) is 0 Å². The number of hydrogen-bond donors (Lipinski definition) is 1. The van der Waals surface area contributed by atoms with Gasteiger partial charge in [-0.3, -0.25) is 4.99 Å². The molecule has 0 radical (unpaired) electrons. The van der Waals surface area contributed by atoms with Gasteiger partial charge in [0.05, 0.1) is 17.2 Å². The molecule has 0 amide bonds. The number of unbranched alkanes of at least 4 members (excludes halogenated alkanes) is 1. The first-order valence-corrected chi connectivity index (χ1v) is 10.6. The predicted molar refractivity (Wildman–Crippen MR) is 108 cm³/mol. The molecule has 1 aliphatic heterocycles. The predicted octanol–water partition coefficient (Wildman–Crippen LogP) is 3.36. The van der Waals surface area contributed by atoms with E-state index in [1.54, 1.807) is 11.3 Å². The first kappa shape index (κ1) is 20.2. The lowest BCUT2D eigenvalue weighted by Gasteiger charge is -2.30. The molecule has 2 heterocycles. The zero-order chi connectivity index (χ0) is 18.1. The van der Waals surface area contributed by atoms with Crippen LogP contribution in [0.15, 0.2) is 10.4 Å². The molecule has 25 heavy (non-hydrogen) atoms. The first-order valence-electron chi connectivity index (χ1n) is 9.71. The number of nitrogens with zero attached hydrogens (tertiary/aromatic N) is 4. The highest BCUT2D eigenvalue weighted by molar-refractivity contribution is 7.09. The Labute approximate surface area is 157 Å². The largest absolute Gasteiger partial charge is 0.357 e. The Balaban J connectivity index is 1.71. The summed E-state index contributed by atoms with van der Waals surface area (Å²) in [5.74, 6) is 1.90. The smallest absolute Gasteiger partial charge is 0.194 e. The quantitative estimate of drug-likeness (QED) is 0.436. The van der Waals surface area contributed by atoms with Crippen LogP contribution < -0.4 is 5.32 Å². The maximum Gasteiger partial charge on any atom is 0.194 e. The lowest BCUT2D eigenvalue weighted by Crippen LogP contribution is -2.38. The zero-order valence-electron chi connectivity index (χ0n) is 16.4. The van der Waals surface area contributed by atoms with Crippen molar-refractivity contribution in [2.45, 2.75) is 53.0 Å². The van der Waals surface area contributed by atoms with Crippen LogP contribution in [-0.2, 0) is 6.54 Å². The highest BCUT2D eigenvalue weighted by atomic mass is 32.1. The second-order valence-corrected chi connectivity index (χ2v) is 8.24. The Bertz CT molecular complexity index is 520. The van der Waals surface area contributed by atoms with E-state index >= 15 is 0 Å². The summed E-state index contributed by atoms with van der Waals surface area (Å²) in [6, 6.07) is 0. The number of thiazole rings is 1. The molecule has 0 spiro atoms. The fourth-order valence-electron chi connectivity index (χ4n) is 3.19. The molecule has 0 aromatic carbocycles. The Morgan fingerprint density at radius 3 is 2.80 bits per heavy atom. The van der Waals surface area contributed by atoms with Crippen LogP contribution in [0.4, 0.5) is 0 Å². The van der Waals surface area contributed by atoms with Gasteiger partial charge in [0.2, 0.25) is 0 Å². The summed E-state index contributed by atoms with van der Waals surface area (Å²) >= 11 is 1.71. The van der Waals surface area contributed by atoms with Gasteiger partial charge in [-0.05, 0) is 65.1 Å². The number of hydrogen-bond acceptors (Lipinski definition) is 4. The van der Waals surface area contributed by atoms with Crippen LogP contribution in [-0.4, -0.2) is 60.5 Å². The Morgan fingerprint density at radius 1 is 1.40 bits per heavy atom. The summed E-state index contributed by atoms with van der Waals surface area (Å²) in [5.41, 5.74) is 1.12. The molecule has 1 saturated heterocycles. The number of rotatable bonds is 8. The first-order chi connectivity index (χ1) is 12.1. The SMILES string of the molecule is CCNC(=NCCCCN1CCC(C)CC1)N(C)Cc1csc(C)n1. The number of aliphatic imine (C=N–C) groups is 1. The Kier molecular flexibility index (Phi) is 8.68. The van der Waals surface area contributed by atoms with Crippen molar-refractivity contribution < 1.29 is 0 Å². The van der Waals surface area contributed by atoms with Crippen molar-refractivity contribution in [3.8, 4) is 0 Å². The highest BCUT2D eigenvalue weighted by Crippen LogP contribution is 2.16. The van der Waals surface area contributed by atoms with Crippen LogP contribution in [0.2, 0.25) is 0 Å². The summed E-state index contributed by atoms with van der Waals surface area (Å²) in [6.45, 7) is 12.9. The number of guanidine groups is 1. The van der Waals surface area contributed by atoms with E-state index in [-0.39, 0.29) is 0 Å². The van der Waals surface area contributed by atoms with Gasteiger partial charge >= 0.3 is 0 Å². The van der Waals surface area contributed by atoms with Gasteiger partial charge in [-0.25, -0.2) is 4.98 Å². The van der Waals surface area contributed by atoms with E-state index in [4.69, 9.17) is 4.99 Å². The number of nitrogens with one attached hydrogen (secondary N) is 1. The number of aryl methyl sites for hydroxylation is 1. The van der Waals surface area contributed by atoms with Gasteiger partial charge in [-0.15, -0.1) is 11.3 Å².